The van der Waals surface area contributed by atoms with E-state index < -0.39 is 0 Å². The highest BCUT2D eigenvalue weighted by molar-refractivity contribution is 6.30. The molecule has 6 nitrogen and oxygen atoms in total. The summed E-state index contributed by atoms with van der Waals surface area (Å²) < 4.78 is 7.49. The van der Waals surface area contributed by atoms with E-state index >= 15 is 0 Å². The third kappa shape index (κ3) is 2.40. The van der Waals surface area contributed by atoms with Crippen molar-refractivity contribution in [2.45, 2.75) is 0 Å². The number of nitrogens with one attached hydrogen (secondary N) is 1. The van der Waals surface area contributed by atoms with Gasteiger partial charge in [0.15, 0.2) is 0 Å². The lowest BCUT2D eigenvalue weighted by Crippen LogP contribution is -1.89. The molecule has 0 aliphatic heterocycles. The molecule has 108 valence electrons. The van der Waals surface area contributed by atoms with E-state index in [4.69, 9.17) is 16.0 Å². The minimum absolute atomic E-state index is 0.300. The molecule has 22 heavy (non-hydrogen) atoms. The summed E-state index contributed by atoms with van der Waals surface area (Å²) >= 11 is 5.85. The van der Waals surface area contributed by atoms with E-state index in [1.165, 1.54) is 0 Å². The third-order valence-corrected chi connectivity index (χ3v) is 3.36. The summed E-state index contributed by atoms with van der Waals surface area (Å²) in [6.07, 6.45) is 3.75. The van der Waals surface area contributed by atoms with E-state index in [9.17, 15) is 0 Å². The Balaban J connectivity index is 1.61. The molecule has 1 N–H and O–H groups in total. The molecular formula is C15H10ClN5O. The number of rotatable bonds is 3. The van der Waals surface area contributed by atoms with Crippen LogP contribution in [0, 0.1) is 0 Å². The van der Waals surface area contributed by atoms with Crippen LogP contribution in [0.2, 0.25) is 5.02 Å². The fraction of sp³-hybridized carbons (Fsp3) is 0. The molecule has 0 amide bonds. The van der Waals surface area contributed by atoms with Crippen molar-refractivity contribution >= 4 is 29.0 Å². The van der Waals surface area contributed by atoms with Gasteiger partial charge in [0, 0.05) is 23.1 Å². The molecule has 0 spiro atoms. The Morgan fingerprint density at radius 1 is 1.05 bits per heavy atom. The summed E-state index contributed by atoms with van der Waals surface area (Å²) in [5.41, 5.74) is 2.26. The standard InChI is InChI=1S/C15H10ClN5O/c16-10-4-6-11(7-5-10)17-15-20-19-14(22-15)12-9-21-8-2-1-3-13(21)18-12/h1-9H,(H,17,20). The number of halogens is 1. The van der Waals surface area contributed by atoms with Crippen molar-refractivity contribution in [2.75, 3.05) is 5.32 Å². The normalized spacial score (nSPS) is 11.0. The second-order valence-electron chi connectivity index (χ2n) is 4.64. The number of benzene rings is 1. The van der Waals surface area contributed by atoms with Gasteiger partial charge in [-0.2, -0.15) is 0 Å². The fourth-order valence-corrected chi connectivity index (χ4v) is 2.20. The van der Waals surface area contributed by atoms with E-state index in [-0.39, 0.29) is 0 Å². The Hall–Kier alpha value is -2.86. The van der Waals surface area contributed by atoms with Crippen LogP contribution in [0.1, 0.15) is 0 Å². The largest absolute Gasteiger partial charge is 0.401 e. The zero-order valence-electron chi connectivity index (χ0n) is 11.3. The predicted molar refractivity (Wildman–Crippen MR) is 83.2 cm³/mol. The Bertz CT molecular complexity index is 895. The fourth-order valence-electron chi connectivity index (χ4n) is 2.07. The molecule has 0 unspecified atom stereocenters. The van der Waals surface area contributed by atoms with Crippen LogP contribution >= 0.6 is 11.6 Å². The summed E-state index contributed by atoms with van der Waals surface area (Å²) in [5.74, 6) is 0.361. The number of anilines is 2. The molecule has 3 heterocycles. The van der Waals surface area contributed by atoms with Crippen molar-refractivity contribution in [3.63, 3.8) is 0 Å². The van der Waals surface area contributed by atoms with Gasteiger partial charge in [0.25, 0.3) is 5.89 Å². The maximum absolute atomic E-state index is 5.85. The highest BCUT2D eigenvalue weighted by Crippen LogP contribution is 2.22. The Labute approximate surface area is 130 Å². The number of imidazole rings is 1. The van der Waals surface area contributed by atoms with Gasteiger partial charge < -0.3 is 14.1 Å². The zero-order chi connectivity index (χ0) is 14.9. The van der Waals surface area contributed by atoms with E-state index in [0.717, 1.165) is 11.3 Å². The highest BCUT2D eigenvalue weighted by Gasteiger charge is 2.12. The summed E-state index contributed by atoms with van der Waals surface area (Å²) in [6.45, 7) is 0. The first-order valence-corrected chi connectivity index (χ1v) is 6.96. The van der Waals surface area contributed by atoms with Crippen LogP contribution in [-0.4, -0.2) is 19.6 Å². The monoisotopic (exact) mass is 311 g/mol. The number of nitrogens with zero attached hydrogens (tertiary/aromatic N) is 4. The highest BCUT2D eigenvalue weighted by atomic mass is 35.5. The van der Waals surface area contributed by atoms with E-state index in [1.807, 2.05) is 47.1 Å². The average Bonchev–Trinajstić information content (AvgIpc) is 3.15. The number of aromatic nitrogens is 4. The average molecular weight is 312 g/mol. The molecule has 4 rings (SSSR count). The van der Waals surface area contributed by atoms with Crippen LogP contribution in [-0.2, 0) is 0 Å². The molecule has 3 aromatic heterocycles. The molecule has 7 heteroatoms. The van der Waals surface area contributed by atoms with E-state index in [1.54, 1.807) is 12.1 Å². The van der Waals surface area contributed by atoms with Gasteiger partial charge in [-0.25, -0.2) is 4.98 Å². The Kier molecular flexibility index (Phi) is 3.01. The number of pyridine rings is 1. The number of hydrogen-bond acceptors (Lipinski definition) is 5. The van der Waals surface area contributed by atoms with E-state index in [0.29, 0.717) is 22.6 Å². The van der Waals surface area contributed by atoms with Crippen molar-refractivity contribution in [3.05, 3.63) is 59.9 Å². The predicted octanol–water partition coefficient (Wildman–Crippen LogP) is 3.78. The molecule has 0 bridgehead atoms. The lowest BCUT2D eigenvalue weighted by molar-refractivity contribution is 0.585. The van der Waals surface area contributed by atoms with E-state index in [2.05, 4.69) is 20.5 Å². The number of fused-ring (bicyclic) bond motifs is 1. The van der Waals surface area contributed by atoms with Crippen LogP contribution < -0.4 is 5.32 Å². The molecule has 0 saturated carbocycles. The van der Waals surface area contributed by atoms with Crippen LogP contribution in [0.4, 0.5) is 11.7 Å². The van der Waals surface area contributed by atoms with Gasteiger partial charge in [-0.1, -0.05) is 22.8 Å². The van der Waals surface area contributed by atoms with Gasteiger partial charge in [0.2, 0.25) is 0 Å². The van der Waals surface area contributed by atoms with Gasteiger partial charge in [-0.05, 0) is 36.4 Å². The molecular weight excluding hydrogens is 302 g/mol. The third-order valence-electron chi connectivity index (χ3n) is 3.10. The zero-order valence-corrected chi connectivity index (χ0v) is 12.0. The summed E-state index contributed by atoms with van der Waals surface area (Å²) in [5, 5.41) is 11.7. The minimum atomic E-state index is 0.300. The molecule has 0 radical (unpaired) electrons. The van der Waals surface area contributed by atoms with Crippen LogP contribution in [0.5, 0.6) is 0 Å². The van der Waals surface area contributed by atoms with Crippen molar-refractivity contribution in [2.24, 2.45) is 0 Å². The topological polar surface area (TPSA) is 68.2 Å². The molecule has 0 aliphatic carbocycles. The van der Waals surface area contributed by atoms with Gasteiger partial charge in [-0.15, -0.1) is 5.10 Å². The van der Waals surface area contributed by atoms with Crippen LogP contribution in [0.3, 0.4) is 0 Å². The quantitative estimate of drug-likeness (QED) is 0.623. The van der Waals surface area contributed by atoms with Crippen molar-refractivity contribution in [1.29, 1.82) is 0 Å². The summed E-state index contributed by atoms with van der Waals surface area (Å²) in [6, 6.07) is 13.3. The Morgan fingerprint density at radius 2 is 1.91 bits per heavy atom. The first kappa shape index (κ1) is 12.8. The minimum Gasteiger partial charge on any atom is -0.401 e. The molecule has 4 aromatic rings. The Morgan fingerprint density at radius 3 is 2.73 bits per heavy atom. The van der Waals surface area contributed by atoms with Gasteiger partial charge >= 0.3 is 6.01 Å². The maximum Gasteiger partial charge on any atom is 0.320 e. The van der Waals surface area contributed by atoms with Crippen LogP contribution in [0.25, 0.3) is 17.2 Å². The summed E-state index contributed by atoms with van der Waals surface area (Å²) in [4.78, 5) is 4.44. The molecule has 0 atom stereocenters. The smallest absolute Gasteiger partial charge is 0.320 e. The van der Waals surface area contributed by atoms with Gasteiger partial charge in [0.05, 0.1) is 0 Å². The van der Waals surface area contributed by atoms with Crippen molar-refractivity contribution < 1.29 is 4.42 Å². The molecule has 0 saturated heterocycles. The SMILES string of the molecule is Clc1ccc(Nc2nnc(-c3cn4ccccc4n3)o2)cc1. The van der Waals surface area contributed by atoms with Gasteiger partial charge in [-0.3, -0.25) is 0 Å². The molecule has 0 aliphatic rings. The first-order chi connectivity index (χ1) is 10.8. The molecule has 1 aromatic carbocycles. The number of hydrogen-bond donors (Lipinski definition) is 1. The van der Waals surface area contributed by atoms with Crippen LogP contribution in [0.15, 0.2) is 59.3 Å². The lowest BCUT2D eigenvalue weighted by atomic mass is 10.3. The molecule has 0 fully saturated rings. The second-order valence-corrected chi connectivity index (χ2v) is 5.07. The van der Waals surface area contributed by atoms with Crippen molar-refractivity contribution in [3.8, 4) is 11.6 Å². The lowest BCUT2D eigenvalue weighted by Gasteiger charge is -1.99. The van der Waals surface area contributed by atoms with Crippen molar-refractivity contribution in [1.82, 2.24) is 19.6 Å². The second kappa shape index (κ2) is 5.16. The van der Waals surface area contributed by atoms with Gasteiger partial charge in [0.1, 0.15) is 11.3 Å². The first-order valence-electron chi connectivity index (χ1n) is 6.58. The summed E-state index contributed by atoms with van der Waals surface area (Å²) in [7, 11) is 0. The maximum atomic E-state index is 5.85.